The molecule has 2 aromatic carbocycles. The summed E-state index contributed by atoms with van der Waals surface area (Å²) in [6, 6.07) is 18.5. The van der Waals surface area contributed by atoms with E-state index >= 15 is 0 Å². The fourth-order valence-corrected chi connectivity index (χ4v) is 2.10. The Morgan fingerprint density at radius 3 is 1.60 bits per heavy atom. The van der Waals surface area contributed by atoms with E-state index in [1.165, 1.54) is 4.90 Å². The molecule has 2 aromatic rings. The van der Waals surface area contributed by atoms with Gasteiger partial charge in [-0.2, -0.15) is 23.9 Å². The van der Waals surface area contributed by atoms with E-state index in [-0.39, 0.29) is 17.1 Å². The predicted octanol–water partition coefficient (Wildman–Crippen LogP) is 5.09. The molecule has 3 heteroatoms. The summed E-state index contributed by atoms with van der Waals surface area (Å²) in [5, 5.41) is 7.88. The summed E-state index contributed by atoms with van der Waals surface area (Å²) in [6.45, 7) is 8.93. The third kappa shape index (κ3) is 15.6. The second-order valence-electron chi connectivity index (χ2n) is 5.02. The van der Waals surface area contributed by atoms with Crippen molar-refractivity contribution in [3.05, 3.63) is 54.6 Å². The van der Waals surface area contributed by atoms with E-state index in [4.69, 9.17) is 5.11 Å². The van der Waals surface area contributed by atoms with Crippen molar-refractivity contribution in [2.45, 2.75) is 43.8 Å². The first kappa shape index (κ1) is 21.8. The average Bonchev–Trinajstić information content (AvgIpc) is 3.01. The fraction of sp³-hybridized carbons (Fsp3) is 0.412. The largest absolute Gasteiger partial charge is 0.748 e. The monoisotopic (exact) mass is 334 g/mol. The third-order valence-corrected chi connectivity index (χ3v) is 2.96. The average molecular weight is 334 g/mol. The summed E-state index contributed by atoms with van der Waals surface area (Å²) < 4.78 is 0.342. The van der Waals surface area contributed by atoms with Crippen LogP contribution in [0.5, 0.6) is 0 Å². The number of thioether (sulfide) groups is 1. The van der Waals surface area contributed by atoms with Crippen molar-refractivity contribution in [1.82, 2.24) is 0 Å². The van der Waals surface area contributed by atoms with Crippen molar-refractivity contribution in [2.24, 2.45) is 0 Å². The Bertz CT molecular complexity index is 341. The van der Waals surface area contributed by atoms with Gasteiger partial charge in [0.15, 0.2) is 0 Å². The van der Waals surface area contributed by atoms with E-state index < -0.39 is 0 Å². The Kier molecular flexibility index (Phi) is 14.7. The van der Waals surface area contributed by atoms with E-state index in [9.17, 15) is 0 Å². The van der Waals surface area contributed by atoms with Crippen LogP contribution in [0.3, 0.4) is 0 Å². The Hall–Kier alpha value is -0.471. The quantitative estimate of drug-likeness (QED) is 0.469. The van der Waals surface area contributed by atoms with Gasteiger partial charge in [0.2, 0.25) is 0 Å². The van der Waals surface area contributed by atoms with Crippen LogP contribution in [-0.4, -0.2) is 16.5 Å². The van der Waals surface area contributed by atoms with Crippen molar-refractivity contribution in [1.29, 1.82) is 0 Å². The molecule has 0 heterocycles. The van der Waals surface area contributed by atoms with Gasteiger partial charge in [-0.1, -0.05) is 27.7 Å². The van der Waals surface area contributed by atoms with Gasteiger partial charge in [0.25, 0.3) is 0 Å². The number of aliphatic hydroxyl groups is 1. The standard InChI is InChI=1S/C9H13S.C5H5.C3H8O.Fe/c1-9(2,3)10-8-6-4-5-7-8;1-2-4-5-3-1;1-2-3-4;/h4-7H,1-3H3;1-5H;4H,2-3H2,1H3;/q-1;-5;;. The Balaban J connectivity index is 0. The van der Waals surface area contributed by atoms with Gasteiger partial charge < -0.3 is 35.4 Å². The van der Waals surface area contributed by atoms with Gasteiger partial charge in [-0.3, -0.25) is 0 Å². The molecule has 0 radical (unpaired) electrons. The smallest absolute Gasteiger partial charge is 0.0428 e. The van der Waals surface area contributed by atoms with E-state index in [0.29, 0.717) is 11.4 Å². The first-order valence-electron chi connectivity index (χ1n) is 6.68. The number of aliphatic hydroxyl groups excluding tert-OH is 1. The minimum absolute atomic E-state index is 0. The van der Waals surface area contributed by atoms with E-state index in [0.717, 1.165) is 6.42 Å². The summed E-state index contributed by atoms with van der Waals surface area (Å²) >= 11 is 1.91. The third-order valence-electron chi connectivity index (χ3n) is 1.84. The molecule has 20 heavy (non-hydrogen) atoms. The van der Waals surface area contributed by atoms with Crippen LogP contribution in [0.4, 0.5) is 0 Å². The van der Waals surface area contributed by atoms with Crippen molar-refractivity contribution in [2.75, 3.05) is 6.61 Å². The molecule has 1 nitrogen and oxygen atoms in total. The molecule has 0 atom stereocenters. The van der Waals surface area contributed by atoms with Crippen LogP contribution < -0.4 is 0 Å². The molecule has 0 amide bonds. The zero-order valence-corrected chi connectivity index (χ0v) is 14.7. The van der Waals surface area contributed by atoms with Gasteiger partial charge in [0.05, 0.1) is 0 Å². The summed E-state index contributed by atoms with van der Waals surface area (Å²) in [7, 11) is 0. The molecule has 120 valence electrons. The SMILES string of the molecule is CC(C)(C)S[c-]1cccc1.CCCO.[Fe].[cH-]1[cH-][cH-][cH-][cH-]1. The van der Waals surface area contributed by atoms with Gasteiger partial charge in [-0.15, -0.1) is 4.90 Å². The number of hydrogen-bond donors (Lipinski definition) is 1. The molecular weight excluding hydrogens is 308 g/mol. The van der Waals surface area contributed by atoms with Crippen LogP contribution in [0.2, 0.25) is 0 Å². The molecule has 0 saturated carbocycles. The normalized spacial score (nSPS) is 9.45. The Labute approximate surface area is 139 Å². The van der Waals surface area contributed by atoms with Gasteiger partial charge in [-0.25, -0.2) is 12.1 Å². The van der Waals surface area contributed by atoms with E-state index in [1.807, 2.05) is 49.0 Å². The van der Waals surface area contributed by atoms with Crippen LogP contribution >= 0.6 is 11.8 Å². The molecule has 0 unspecified atom stereocenters. The van der Waals surface area contributed by atoms with Crippen molar-refractivity contribution < 1.29 is 22.2 Å². The van der Waals surface area contributed by atoms with Gasteiger partial charge in [0.1, 0.15) is 0 Å². The maximum absolute atomic E-state index is 7.88. The molecule has 0 aromatic heterocycles. The first-order valence-corrected chi connectivity index (χ1v) is 7.49. The summed E-state index contributed by atoms with van der Waals surface area (Å²) in [5.74, 6) is 0. The molecule has 0 bridgehead atoms. The molecule has 0 fully saturated rings. The summed E-state index contributed by atoms with van der Waals surface area (Å²) in [5.41, 5.74) is 0. The van der Waals surface area contributed by atoms with Crippen molar-refractivity contribution in [3.8, 4) is 0 Å². The van der Waals surface area contributed by atoms with Gasteiger partial charge >= 0.3 is 0 Å². The maximum atomic E-state index is 7.88. The van der Waals surface area contributed by atoms with Crippen molar-refractivity contribution >= 4 is 11.8 Å². The number of rotatable bonds is 2. The Morgan fingerprint density at radius 1 is 1.00 bits per heavy atom. The van der Waals surface area contributed by atoms with Crippen LogP contribution in [0.25, 0.3) is 0 Å². The summed E-state index contributed by atoms with van der Waals surface area (Å²) in [6.07, 6.45) is 0.875. The van der Waals surface area contributed by atoms with Gasteiger partial charge in [0, 0.05) is 28.4 Å². The van der Waals surface area contributed by atoms with E-state index in [2.05, 4.69) is 45.0 Å². The van der Waals surface area contributed by atoms with Crippen LogP contribution in [0.15, 0.2) is 59.5 Å². The van der Waals surface area contributed by atoms with Crippen LogP contribution in [0.1, 0.15) is 34.1 Å². The summed E-state index contributed by atoms with van der Waals surface area (Å²) in [4.78, 5) is 1.37. The molecule has 0 spiro atoms. The molecule has 0 aliphatic rings. The van der Waals surface area contributed by atoms with Gasteiger partial charge in [-0.05, 0) is 6.42 Å². The second kappa shape index (κ2) is 13.5. The second-order valence-corrected chi connectivity index (χ2v) is 6.92. The molecule has 0 aliphatic carbocycles. The molecule has 0 saturated heterocycles. The minimum Gasteiger partial charge on any atom is -0.748 e. The first-order chi connectivity index (χ1) is 8.99. The maximum Gasteiger partial charge on any atom is 0.0428 e. The minimum atomic E-state index is 0. The predicted molar refractivity (Wildman–Crippen MR) is 87.1 cm³/mol. The molecule has 1 N–H and O–H groups in total. The topological polar surface area (TPSA) is 20.2 Å². The van der Waals surface area contributed by atoms with E-state index in [1.54, 1.807) is 0 Å². The Morgan fingerprint density at radius 2 is 1.35 bits per heavy atom. The molecular formula is C17H26FeOS-6. The van der Waals surface area contributed by atoms with Crippen LogP contribution in [0, 0.1) is 0 Å². The number of hydrogen-bond acceptors (Lipinski definition) is 2. The zero-order valence-electron chi connectivity index (χ0n) is 12.8. The van der Waals surface area contributed by atoms with Crippen molar-refractivity contribution in [3.63, 3.8) is 0 Å². The molecule has 2 rings (SSSR count). The van der Waals surface area contributed by atoms with Crippen LogP contribution in [-0.2, 0) is 17.1 Å². The fourth-order valence-electron chi connectivity index (χ4n) is 1.10. The molecule has 0 aliphatic heterocycles. The zero-order chi connectivity index (χ0) is 14.6.